The van der Waals surface area contributed by atoms with Gasteiger partial charge in [-0.2, -0.15) is 0 Å². The molecule has 0 aliphatic heterocycles. The van der Waals surface area contributed by atoms with Gasteiger partial charge in [-0.05, 0) is 41.2 Å². The van der Waals surface area contributed by atoms with Crippen molar-refractivity contribution in [1.29, 1.82) is 0 Å². The second kappa shape index (κ2) is 7.17. The molecule has 3 aromatic rings. The minimum absolute atomic E-state index is 0.00171. The summed E-state index contributed by atoms with van der Waals surface area (Å²) in [4.78, 5) is 28.9. The summed E-state index contributed by atoms with van der Waals surface area (Å²) in [6.45, 7) is 0.233. The van der Waals surface area contributed by atoms with Crippen molar-refractivity contribution in [3.05, 3.63) is 83.7 Å². The first kappa shape index (κ1) is 17.6. The van der Waals surface area contributed by atoms with Gasteiger partial charge < -0.3 is 4.74 Å². The molecule has 1 heterocycles. The number of anilines is 1. The van der Waals surface area contributed by atoms with Crippen LogP contribution in [-0.4, -0.2) is 23.5 Å². The van der Waals surface area contributed by atoms with Gasteiger partial charge in [0.25, 0.3) is 0 Å². The summed E-state index contributed by atoms with van der Waals surface area (Å²) in [7, 11) is 0. The van der Waals surface area contributed by atoms with Crippen molar-refractivity contribution in [3.8, 4) is 11.1 Å². The molecule has 144 valence electrons. The Morgan fingerprint density at radius 3 is 2.28 bits per heavy atom. The van der Waals surface area contributed by atoms with E-state index in [1.54, 1.807) is 12.3 Å². The average Bonchev–Trinajstić information content (AvgIpc) is 3.55. The standard InChI is InChI=1S/C24H20N2O3/c27-23(15-9-10-15)20-13-25-12-11-22(20)26-24(28)29-14-21-18-7-3-1-5-16(18)17-6-2-4-8-19(17)21/h1-8,11-13,15,21H,9-10,14H2,(H,25,26,28). The fourth-order valence-electron chi connectivity index (χ4n) is 4.01. The number of hydrogen-bond acceptors (Lipinski definition) is 4. The van der Waals surface area contributed by atoms with Gasteiger partial charge in [0.1, 0.15) is 6.61 Å². The van der Waals surface area contributed by atoms with E-state index < -0.39 is 6.09 Å². The summed E-state index contributed by atoms with van der Waals surface area (Å²) in [5.74, 6) is 0.0902. The Balaban J connectivity index is 1.32. The smallest absolute Gasteiger partial charge is 0.411 e. The summed E-state index contributed by atoms with van der Waals surface area (Å²) in [6, 6.07) is 18.0. The molecule has 2 aliphatic rings. The van der Waals surface area contributed by atoms with Crippen molar-refractivity contribution in [3.63, 3.8) is 0 Å². The zero-order valence-electron chi connectivity index (χ0n) is 15.8. The predicted octanol–water partition coefficient (Wildman–Crippen LogP) is 5.04. The number of carbonyl (C=O) groups is 2. The Labute approximate surface area is 168 Å². The molecule has 5 heteroatoms. The number of ether oxygens (including phenoxy) is 1. The highest BCUT2D eigenvalue weighted by Crippen LogP contribution is 2.44. The number of hydrogen-bond donors (Lipinski definition) is 1. The summed E-state index contributed by atoms with van der Waals surface area (Å²) in [6.07, 6.45) is 4.31. The van der Waals surface area contributed by atoms with E-state index in [1.165, 1.54) is 17.3 Å². The maximum absolute atomic E-state index is 12.5. The number of Topliss-reactive ketones (excluding diaryl/α,β-unsaturated/α-hetero) is 1. The van der Waals surface area contributed by atoms with Crippen molar-refractivity contribution >= 4 is 17.6 Å². The zero-order valence-corrected chi connectivity index (χ0v) is 15.8. The number of aromatic nitrogens is 1. The second-order valence-electron chi connectivity index (χ2n) is 7.51. The number of ketones is 1. The third-order valence-corrected chi connectivity index (χ3v) is 5.62. The SMILES string of the molecule is O=C(Nc1ccncc1C(=O)C1CC1)OCC1c2ccccc2-c2ccccc21. The van der Waals surface area contributed by atoms with Crippen molar-refractivity contribution in [2.75, 3.05) is 11.9 Å². The lowest BCUT2D eigenvalue weighted by atomic mass is 9.98. The molecule has 5 nitrogen and oxygen atoms in total. The molecule has 0 spiro atoms. The molecule has 2 aromatic carbocycles. The van der Waals surface area contributed by atoms with E-state index in [-0.39, 0.29) is 24.2 Å². The summed E-state index contributed by atoms with van der Waals surface area (Å²) >= 11 is 0. The number of carbonyl (C=O) groups excluding carboxylic acids is 2. The van der Waals surface area contributed by atoms with Gasteiger partial charge >= 0.3 is 6.09 Å². The number of benzene rings is 2. The van der Waals surface area contributed by atoms with Crippen LogP contribution in [0.3, 0.4) is 0 Å². The summed E-state index contributed by atoms with van der Waals surface area (Å²) < 4.78 is 5.57. The highest BCUT2D eigenvalue weighted by Gasteiger charge is 2.32. The Morgan fingerprint density at radius 1 is 0.966 bits per heavy atom. The van der Waals surface area contributed by atoms with E-state index in [1.807, 2.05) is 24.3 Å². The predicted molar refractivity (Wildman–Crippen MR) is 110 cm³/mol. The molecule has 1 amide bonds. The average molecular weight is 384 g/mol. The van der Waals surface area contributed by atoms with Crippen LogP contribution in [-0.2, 0) is 4.74 Å². The van der Waals surface area contributed by atoms with Crippen molar-refractivity contribution in [2.45, 2.75) is 18.8 Å². The molecular weight excluding hydrogens is 364 g/mol. The molecule has 0 unspecified atom stereocenters. The van der Waals surface area contributed by atoms with Crippen molar-refractivity contribution < 1.29 is 14.3 Å². The molecule has 1 fully saturated rings. The quantitative estimate of drug-likeness (QED) is 0.626. The molecular formula is C24H20N2O3. The highest BCUT2D eigenvalue weighted by molar-refractivity contribution is 6.05. The molecule has 0 atom stereocenters. The third kappa shape index (κ3) is 3.29. The van der Waals surface area contributed by atoms with Crippen LogP contribution in [0.15, 0.2) is 67.0 Å². The van der Waals surface area contributed by atoms with Gasteiger partial charge in [0.15, 0.2) is 5.78 Å². The zero-order chi connectivity index (χ0) is 19.8. The van der Waals surface area contributed by atoms with Crippen LogP contribution in [0.2, 0.25) is 0 Å². The maximum atomic E-state index is 12.5. The lowest BCUT2D eigenvalue weighted by molar-refractivity contribution is 0.0968. The molecule has 5 rings (SSSR count). The van der Waals surface area contributed by atoms with Gasteiger partial charge in [0.05, 0.1) is 11.3 Å². The largest absolute Gasteiger partial charge is 0.448 e. The Kier molecular flexibility index (Phi) is 4.35. The fraction of sp³-hybridized carbons (Fsp3) is 0.208. The van der Waals surface area contributed by atoms with E-state index in [2.05, 4.69) is 34.6 Å². The van der Waals surface area contributed by atoms with Gasteiger partial charge in [0.2, 0.25) is 0 Å². The Hall–Kier alpha value is -3.47. The molecule has 29 heavy (non-hydrogen) atoms. The number of nitrogens with one attached hydrogen (secondary N) is 1. The van der Waals surface area contributed by atoms with Crippen LogP contribution in [0.25, 0.3) is 11.1 Å². The molecule has 0 radical (unpaired) electrons. The van der Waals surface area contributed by atoms with Crippen molar-refractivity contribution in [1.82, 2.24) is 4.98 Å². The first-order valence-corrected chi connectivity index (χ1v) is 9.82. The summed E-state index contributed by atoms with van der Waals surface area (Å²) in [5, 5.41) is 2.72. The van der Waals surface area contributed by atoms with Crippen LogP contribution < -0.4 is 5.32 Å². The van der Waals surface area contributed by atoms with Crippen LogP contribution in [0.4, 0.5) is 10.5 Å². The van der Waals surface area contributed by atoms with Crippen LogP contribution in [0.5, 0.6) is 0 Å². The Morgan fingerprint density at radius 2 is 1.62 bits per heavy atom. The molecule has 1 aromatic heterocycles. The first-order valence-electron chi connectivity index (χ1n) is 9.82. The van der Waals surface area contributed by atoms with E-state index in [4.69, 9.17) is 4.74 Å². The molecule has 2 aliphatic carbocycles. The molecule has 1 N–H and O–H groups in total. The monoisotopic (exact) mass is 384 g/mol. The van der Waals surface area contributed by atoms with E-state index in [0.717, 1.165) is 24.0 Å². The first-order chi connectivity index (χ1) is 14.2. The van der Waals surface area contributed by atoms with Crippen molar-refractivity contribution in [2.24, 2.45) is 5.92 Å². The van der Waals surface area contributed by atoms with E-state index >= 15 is 0 Å². The lowest BCUT2D eigenvalue weighted by Gasteiger charge is -2.15. The molecule has 0 bridgehead atoms. The number of nitrogens with zero attached hydrogens (tertiary/aromatic N) is 1. The second-order valence-corrected chi connectivity index (χ2v) is 7.51. The Bertz CT molecular complexity index is 1060. The number of pyridine rings is 1. The molecule has 0 saturated heterocycles. The van der Waals surface area contributed by atoms with Gasteiger partial charge in [-0.1, -0.05) is 48.5 Å². The summed E-state index contributed by atoms with van der Waals surface area (Å²) in [5.41, 5.74) is 5.59. The molecule has 1 saturated carbocycles. The van der Waals surface area contributed by atoms with E-state index in [9.17, 15) is 9.59 Å². The highest BCUT2D eigenvalue weighted by atomic mass is 16.5. The minimum atomic E-state index is -0.567. The van der Waals surface area contributed by atoms with Gasteiger partial charge in [0, 0.05) is 24.2 Å². The topological polar surface area (TPSA) is 68.3 Å². The normalized spacial score (nSPS) is 14.8. The number of fused-ring (bicyclic) bond motifs is 3. The van der Waals surface area contributed by atoms with Gasteiger partial charge in [-0.25, -0.2) is 4.79 Å². The fourth-order valence-corrected chi connectivity index (χ4v) is 4.01. The number of amides is 1. The van der Waals surface area contributed by atoms with E-state index in [0.29, 0.717) is 11.3 Å². The van der Waals surface area contributed by atoms with Crippen LogP contribution in [0.1, 0.15) is 40.2 Å². The lowest BCUT2D eigenvalue weighted by Crippen LogP contribution is -2.19. The van der Waals surface area contributed by atoms with Gasteiger partial charge in [-0.15, -0.1) is 0 Å². The van der Waals surface area contributed by atoms with Crippen LogP contribution in [0, 0.1) is 5.92 Å². The van der Waals surface area contributed by atoms with Crippen LogP contribution >= 0.6 is 0 Å². The minimum Gasteiger partial charge on any atom is -0.448 e. The maximum Gasteiger partial charge on any atom is 0.411 e. The number of rotatable bonds is 5. The third-order valence-electron chi connectivity index (χ3n) is 5.62. The van der Waals surface area contributed by atoms with Gasteiger partial charge in [-0.3, -0.25) is 15.1 Å².